The second-order valence-electron chi connectivity index (χ2n) is 4.24. The fraction of sp³-hybridized carbons (Fsp3) is 0.800. The van der Waals surface area contributed by atoms with Gasteiger partial charge in [-0.1, -0.05) is 5.16 Å². The summed E-state index contributed by atoms with van der Waals surface area (Å²) in [6, 6.07) is 0. The molecular weight excluding hydrogens is 226 g/mol. The number of nitrogens with two attached hydrogens (primary N) is 1. The Hall–Kier alpha value is -1.34. The molecule has 0 bridgehead atoms. The van der Waals surface area contributed by atoms with Crippen LogP contribution in [0.5, 0.6) is 0 Å². The van der Waals surface area contributed by atoms with Crippen molar-refractivity contribution in [1.82, 2.24) is 4.90 Å². The van der Waals surface area contributed by atoms with E-state index in [1.54, 1.807) is 11.8 Å². The normalized spacial score (nSPS) is 27.9. The van der Waals surface area contributed by atoms with Crippen LogP contribution in [0.2, 0.25) is 0 Å². The summed E-state index contributed by atoms with van der Waals surface area (Å²) in [5, 5.41) is 20.4. The van der Waals surface area contributed by atoms with Crippen molar-refractivity contribution >= 4 is 11.7 Å². The van der Waals surface area contributed by atoms with Crippen molar-refractivity contribution in [2.45, 2.75) is 26.1 Å². The summed E-state index contributed by atoms with van der Waals surface area (Å²) in [6.45, 7) is 4.04. The van der Waals surface area contributed by atoms with Crippen LogP contribution < -0.4 is 5.73 Å². The van der Waals surface area contributed by atoms with Gasteiger partial charge in [-0.05, 0) is 13.8 Å². The third kappa shape index (κ3) is 3.31. The molecule has 7 nitrogen and oxygen atoms in total. The van der Waals surface area contributed by atoms with Gasteiger partial charge in [0.1, 0.15) is 0 Å². The minimum absolute atomic E-state index is 0.116. The zero-order valence-electron chi connectivity index (χ0n) is 10.0. The summed E-state index contributed by atoms with van der Waals surface area (Å²) >= 11 is 0. The van der Waals surface area contributed by atoms with Crippen molar-refractivity contribution in [3.05, 3.63) is 0 Å². The summed E-state index contributed by atoms with van der Waals surface area (Å²) in [4.78, 5) is 13.6. The molecule has 98 valence electrons. The third-order valence-electron chi connectivity index (χ3n) is 2.77. The van der Waals surface area contributed by atoms with Crippen molar-refractivity contribution in [3.8, 4) is 0 Å². The molecular formula is C10H19N3O4. The SMILES string of the molecule is CC1CN(C(=O)C(C)C(N)=NO)CC(CO)O1. The Bertz CT molecular complexity index is 308. The maximum absolute atomic E-state index is 12.0. The van der Waals surface area contributed by atoms with Crippen LogP contribution in [0.4, 0.5) is 0 Å². The molecule has 1 aliphatic heterocycles. The van der Waals surface area contributed by atoms with Gasteiger partial charge in [0.15, 0.2) is 5.84 Å². The van der Waals surface area contributed by atoms with Gasteiger partial charge in [-0.15, -0.1) is 0 Å². The Balaban J connectivity index is 2.68. The maximum atomic E-state index is 12.0. The van der Waals surface area contributed by atoms with E-state index in [0.717, 1.165) is 0 Å². The maximum Gasteiger partial charge on any atom is 0.233 e. The fourth-order valence-corrected chi connectivity index (χ4v) is 1.81. The summed E-state index contributed by atoms with van der Waals surface area (Å²) in [5.74, 6) is -1.02. The Morgan fingerprint density at radius 3 is 2.82 bits per heavy atom. The minimum Gasteiger partial charge on any atom is -0.409 e. The molecule has 7 heteroatoms. The lowest BCUT2D eigenvalue weighted by atomic mass is 10.1. The van der Waals surface area contributed by atoms with Crippen molar-refractivity contribution < 1.29 is 19.8 Å². The van der Waals surface area contributed by atoms with Crippen LogP contribution in [-0.2, 0) is 9.53 Å². The number of carbonyl (C=O) groups excluding carboxylic acids is 1. The van der Waals surface area contributed by atoms with Crippen LogP contribution in [0.3, 0.4) is 0 Å². The van der Waals surface area contributed by atoms with Crippen LogP contribution in [0, 0.1) is 5.92 Å². The van der Waals surface area contributed by atoms with Gasteiger partial charge in [0.25, 0.3) is 0 Å². The van der Waals surface area contributed by atoms with E-state index in [-0.39, 0.29) is 30.6 Å². The highest BCUT2D eigenvalue weighted by molar-refractivity contribution is 6.01. The predicted octanol–water partition coefficient (Wildman–Crippen LogP) is -1.02. The van der Waals surface area contributed by atoms with Crippen molar-refractivity contribution in [2.24, 2.45) is 16.8 Å². The molecule has 0 radical (unpaired) electrons. The molecule has 0 aromatic carbocycles. The van der Waals surface area contributed by atoms with Crippen LogP contribution in [0.15, 0.2) is 5.16 Å². The molecule has 0 saturated carbocycles. The van der Waals surface area contributed by atoms with E-state index in [2.05, 4.69) is 5.16 Å². The topological polar surface area (TPSA) is 108 Å². The molecule has 1 amide bonds. The van der Waals surface area contributed by atoms with Crippen molar-refractivity contribution in [2.75, 3.05) is 19.7 Å². The number of aliphatic hydroxyl groups excluding tert-OH is 1. The zero-order valence-corrected chi connectivity index (χ0v) is 10.0. The van der Waals surface area contributed by atoms with Gasteiger partial charge in [-0.25, -0.2) is 0 Å². The van der Waals surface area contributed by atoms with E-state index in [1.807, 2.05) is 6.92 Å². The molecule has 0 spiro atoms. The molecule has 0 aromatic rings. The molecule has 17 heavy (non-hydrogen) atoms. The Morgan fingerprint density at radius 1 is 1.65 bits per heavy atom. The van der Waals surface area contributed by atoms with Crippen molar-refractivity contribution in [1.29, 1.82) is 0 Å². The predicted molar refractivity (Wildman–Crippen MR) is 60.6 cm³/mol. The highest BCUT2D eigenvalue weighted by Crippen LogP contribution is 2.14. The molecule has 0 aliphatic carbocycles. The molecule has 0 aromatic heterocycles. The van der Waals surface area contributed by atoms with Gasteiger partial charge in [0, 0.05) is 13.1 Å². The lowest BCUT2D eigenvalue weighted by Crippen LogP contribution is -2.53. The zero-order chi connectivity index (χ0) is 13.0. The monoisotopic (exact) mass is 245 g/mol. The van der Waals surface area contributed by atoms with Crippen LogP contribution in [0.25, 0.3) is 0 Å². The number of nitrogens with zero attached hydrogens (tertiary/aromatic N) is 2. The fourth-order valence-electron chi connectivity index (χ4n) is 1.81. The Labute approximate surface area is 99.8 Å². The number of oxime groups is 1. The first-order chi connectivity index (χ1) is 7.99. The first kappa shape index (κ1) is 13.7. The number of hydrogen-bond acceptors (Lipinski definition) is 5. The molecule has 1 aliphatic rings. The van der Waals surface area contributed by atoms with Gasteiger partial charge >= 0.3 is 0 Å². The number of morpholine rings is 1. The quantitative estimate of drug-likeness (QED) is 0.255. The molecule has 3 unspecified atom stereocenters. The highest BCUT2D eigenvalue weighted by Gasteiger charge is 2.31. The molecule has 1 rings (SSSR count). The van der Waals surface area contributed by atoms with Gasteiger partial charge in [-0.3, -0.25) is 4.79 Å². The van der Waals surface area contributed by atoms with Crippen LogP contribution >= 0.6 is 0 Å². The Kier molecular flexibility index (Phi) is 4.71. The van der Waals surface area contributed by atoms with Gasteiger partial charge in [0.05, 0.1) is 24.7 Å². The summed E-state index contributed by atoms with van der Waals surface area (Å²) < 4.78 is 5.43. The standard InChI is InChI=1S/C10H19N3O4/c1-6-3-13(4-8(5-14)17-6)10(15)7(2)9(11)12-16/h6-8,14,16H,3-5H2,1-2H3,(H2,11,12). The number of hydrogen-bond donors (Lipinski definition) is 3. The first-order valence-corrected chi connectivity index (χ1v) is 5.52. The number of rotatable bonds is 3. The average molecular weight is 245 g/mol. The number of aliphatic hydroxyl groups is 1. The lowest BCUT2D eigenvalue weighted by molar-refractivity contribution is -0.148. The average Bonchev–Trinajstić information content (AvgIpc) is 2.35. The number of amidine groups is 1. The van der Waals surface area contributed by atoms with Crippen molar-refractivity contribution in [3.63, 3.8) is 0 Å². The van der Waals surface area contributed by atoms with Gasteiger partial charge in [-0.2, -0.15) is 0 Å². The number of carbonyl (C=O) groups is 1. The lowest BCUT2D eigenvalue weighted by Gasteiger charge is -2.37. The summed E-state index contributed by atoms with van der Waals surface area (Å²) in [5.41, 5.74) is 5.40. The largest absolute Gasteiger partial charge is 0.409 e. The van der Waals surface area contributed by atoms with E-state index in [4.69, 9.17) is 20.8 Å². The summed E-state index contributed by atoms with van der Waals surface area (Å²) in [6.07, 6.45) is -0.508. The van der Waals surface area contributed by atoms with E-state index in [9.17, 15) is 4.79 Å². The van der Waals surface area contributed by atoms with Crippen LogP contribution in [-0.4, -0.2) is 58.9 Å². The molecule has 4 N–H and O–H groups in total. The smallest absolute Gasteiger partial charge is 0.233 e. The van der Waals surface area contributed by atoms with Gasteiger partial charge < -0.3 is 25.7 Å². The number of amides is 1. The third-order valence-corrected chi connectivity index (χ3v) is 2.77. The van der Waals surface area contributed by atoms with E-state index in [0.29, 0.717) is 13.1 Å². The second-order valence-corrected chi connectivity index (χ2v) is 4.24. The molecule has 1 heterocycles. The molecule has 1 saturated heterocycles. The highest BCUT2D eigenvalue weighted by atomic mass is 16.5. The van der Waals surface area contributed by atoms with E-state index < -0.39 is 5.92 Å². The molecule has 1 fully saturated rings. The first-order valence-electron chi connectivity index (χ1n) is 5.52. The summed E-state index contributed by atoms with van der Waals surface area (Å²) in [7, 11) is 0. The van der Waals surface area contributed by atoms with Crippen LogP contribution in [0.1, 0.15) is 13.8 Å². The van der Waals surface area contributed by atoms with E-state index >= 15 is 0 Å². The number of ether oxygens (including phenoxy) is 1. The van der Waals surface area contributed by atoms with Gasteiger partial charge in [0.2, 0.25) is 5.91 Å². The minimum atomic E-state index is -0.676. The second kappa shape index (κ2) is 5.83. The Morgan fingerprint density at radius 2 is 2.29 bits per heavy atom. The molecule has 3 atom stereocenters. The van der Waals surface area contributed by atoms with E-state index in [1.165, 1.54) is 0 Å².